The number of unbranched alkanes of at least 4 members (excludes halogenated alkanes) is 4. The molecule has 0 saturated heterocycles. The number of ether oxygens (including phenoxy) is 1. The number of carbonyl (C=O) groups excluding carboxylic acids is 1. The minimum atomic E-state index is -0.385. The van der Waals surface area contributed by atoms with E-state index in [1.807, 2.05) is 43.3 Å². The quantitative estimate of drug-likeness (QED) is 0.211. The van der Waals surface area contributed by atoms with E-state index in [4.69, 9.17) is 4.74 Å². The van der Waals surface area contributed by atoms with Gasteiger partial charge in [0.1, 0.15) is 5.75 Å². The summed E-state index contributed by atoms with van der Waals surface area (Å²) < 4.78 is 5.39. The zero-order valence-electron chi connectivity index (χ0n) is 17.5. The van der Waals surface area contributed by atoms with Gasteiger partial charge < -0.3 is 9.64 Å². The Labute approximate surface area is 170 Å². The van der Waals surface area contributed by atoms with E-state index >= 15 is 0 Å². The second-order valence-electron chi connectivity index (χ2n) is 7.62. The van der Waals surface area contributed by atoms with Crippen molar-refractivity contribution < 1.29 is 9.53 Å². The maximum Gasteiger partial charge on any atom is 0.340 e. The molecule has 0 N–H and O–H groups in total. The van der Waals surface area contributed by atoms with Crippen molar-refractivity contribution in [1.82, 2.24) is 4.90 Å². The zero-order chi connectivity index (χ0) is 20.4. The van der Waals surface area contributed by atoms with Gasteiger partial charge in [0.05, 0.1) is 0 Å². The normalized spacial score (nSPS) is 10.9. The molecule has 0 heterocycles. The van der Waals surface area contributed by atoms with Gasteiger partial charge >= 0.3 is 5.97 Å². The maximum absolute atomic E-state index is 12.0. The molecule has 0 amide bonds. The molecule has 0 saturated carbocycles. The number of esters is 1. The van der Waals surface area contributed by atoms with E-state index in [0.29, 0.717) is 17.9 Å². The number of rotatable bonds is 11. The average molecular weight is 380 g/mol. The van der Waals surface area contributed by atoms with E-state index in [1.165, 1.54) is 43.2 Å². The number of hydrogen-bond donors (Lipinski definition) is 0. The largest absolute Gasteiger partial charge is 0.423 e. The van der Waals surface area contributed by atoms with Crippen LogP contribution in [0.15, 0.2) is 60.7 Å². The lowest BCUT2D eigenvalue weighted by atomic mass is 10.0. The fraction of sp³-hybridized carbons (Fsp3) is 0.400. The van der Waals surface area contributed by atoms with Crippen molar-refractivity contribution in [2.75, 3.05) is 20.6 Å². The maximum atomic E-state index is 12.0. The van der Waals surface area contributed by atoms with Crippen LogP contribution in [0.4, 0.5) is 0 Å². The van der Waals surface area contributed by atoms with Crippen LogP contribution in [0.3, 0.4) is 0 Å². The Hall–Kier alpha value is -2.39. The van der Waals surface area contributed by atoms with Crippen molar-refractivity contribution in [3.05, 3.63) is 66.2 Å². The summed E-state index contributed by atoms with van der Waals surface area (Å²) >= 11 is 0. The number of hydrogen-bond acceptors (Lipinski definition) is 3. The molecule has 3 heteroatoms. The van der Waals surface area contributed by atoms with Crippen molar-refractivity contribution in [2.24, 2.45) is 0 Å². The summed E-state index contributed by atoms with van der Waals surface area (Å²) in [5, 5.41) is 0. The predicted molar refractivity (Wildman–Crippen MR) is 118 cm³/mol. The Morgan fingerprint density at radius 2 is 1.46 bits per heavy atom. The Morgan fingerprint density at radius 3 is 2.04 bits per heavy atom. The van der Waals surface area contributed by atoms with Gasteiger partial charge in [0.25, 0.3) is 0 Å². The van der Waals surface area contributed by atoms with Gasteiger partial charge in [-0.1, -0.05) is 75.6 Å². The van der Waals surface area contributed by atoms with E-state index in [1.54, 1.807) is 0 Å². The Morgan fingerprint density at radius 1 is 0.893 bits per heavy atom. The monoisotopic (exact) mass is 379 g/mol. The summed E-state index contributed by atoms with van der Waals surface area (Å²) in [7, 11) is 3.79. The van der Waals surface area contributed by atoms with Gasteiger partial charge in [0, 0.05) is 12.1 Å². The van der Waals surface area contributed by atoms with E-state index in [0.717, 1.165) is 12.0 Å². The third-order valence-electron chi connectivity index (χ3n) is 4.72. The summed E-state index contributed by atoms with van der Waals surface area (Å²) in [6.45, 7) is 6.52. The predicted octanol–water partition coefficient (Wildman–Crippen LogP) is 5.89. The smallest absolute Gasteiger partial charge is 0.340 e. The Balaban J connectivity index is 1.88. The zero-order valence-corrected chi connectivity index (χ0v) is 17.5. The second kappa shape index (κ2) is 11.5. The molecule has 0 radical (unpaired) electrons. The lowest BCUT2D eigenvalue weighted by Crippen LogP contribution is -2.22. The first-order valence-corrected chi connectivity index (χ1v) is 10.2. The molecule has 2 rings (SSSR count). The molecule has 3 nitrogen and oxygen atoms in total. The topological polar surface area (TPSA) is 29.5 Å². The van der Waals surface area contributed by atoms with Crippen molar-refractivity contribution in [3.63, 3.8) is 0 Å². The lowest BCUT2D eigenvalue weighted by molar-refractivity contribution is -0.130. The molecule has 0 aliphatic carbocycles. The van der Waals surface area contributed by atoms with Gasteiger partial charge in [-0.25, -0.2) is 4.79 Å². The summed E-state index contributed by atoms with van der Waals surface area (Å²) in [6, 6.07) is 16.4. The molecule has 0 spiro atoms. The highest BCUT2D eigenvalue weighted by Crippen LogP contribution is 2.24. The average Bonchev–Trinajstić information content (AvgIpc) is 2.68. The molecule has 0 fully saturated rings. The van der Waals surface area contributed by atoms with E-state index in [2.05, 4.69) is 37.8 Å². The molecule has 0 aliphatic rings. The van der Waals surface area contributed by atoms with Crippen LogP contribution < -0.4 is 4.74 Å². The minimum absolute atomic E-state index is 0.385. The fourth-order valence-corrected chi connectivity index (χ4v) is 3.14. The molecule has 2 aromatic carbocycles. The van der Waals surface area contributed by atoms with Gasteiger partial charge in [0.15, 0.2) is 0 Å². The fourth-order valence-electron chi connectivity index (χ4n) is 3.14. The van der Waals surface area contributed by atoms with Gasteiger partial charge in [-0.15, -0.1) is 0 Å². The van der Waals surface area contributed by atoms with Crippen LogP contribution in [0, 0.1) is 0 Å². The summed E-state index contributed by atoms with van der Waals surface area (Å²) in [6.07, 6.45) is 7.70. The molecule has 0 unspecified atom stereocenters. The molecule has 150 valence electrons. The SMILES string of the molecule is C=C(CN(C)C)C(=O)Oc1ccc(-c2ccc(CCCCCCC)cc2)cc1. The third-order valence-corrected chi connectivity index (χ3v) is 4.72. The molecule has 0 atom stereocenters. The van der Waals surface area contributed by atoms with Crippen LogP contribution in [0.2, 0.25) is 0 Å². The molecule has 0 aromatic heterocycles. The van der Waals surface area contributed by atoms with E-state index in [-0.39, 0.29) is 5.97 Å². The highest BCUT2D eigenvalue weighted by molar-refractivity contribution is 5.90. The number of benzene rings is 2. The second-order valence-corrected chi connectivity index (χ2v) is 7.62. The lowest BCUT2D eigenvalue weighted by Gasteiger charge is -2.12. The summed E-state index contributed by atoms with van der Waals surface area (Å²) in [5.41, 5.74) is 4.12. The molecular formula is C25H33NO2. The van der Waals surface area contributed by atoms with Crippen molar-refractivity contribution in [2.45, 2.75) is 45.4 Å². The van der Waals surface area contributed by atoms with E-state index in [9.17, 15) is 4.79 Å². The number of aryl methyl sites for hydroxylation is 1. The summed E-state index contributed by atoms with van der Waals surface area (Å²) in [5.74, 6) is 0.155. The first kappa shape index (κ1) is 21.9. The van der Waals surface area contributed by atoms with Crippen LogP contribution in [0.1, 0.15) is 44.6 Å². The molecule has 0 aliphatic heterocycles. The van der Waals surface area contributed by atoms with Crippen molar-refractivity contribution >= 4 is 5.97 Å². The van der Waals surface area contributed by atoms with Gasteiger partial charge in [-0.05, 0) is 55.8 Å². The minimum Gasteiger partial charge on any atom is -0.423 e. The van der Waals surface area contributed by atoms with Crippen molar-refractivity contribution in [3.8, 4) is 16.9 Å². The van der Waals surface area contributed by atoms with Crippen LogP contribution in [-0.4, -0.2) is 31.5 Å². The summed E-state index contributed by atoms with van der Waals surface area (Å²) in [4.78, 5) is 13.9. The van der Waals surface area contributed by atoms with Gasteiger partial charge in [0.2, 0.25) is 0 Å². The standard InChI is InChI=1S/C25H33NO2/c1-5-6-7-8-9-10-21-11-13-22(14-12-21)23-15-17-24(18-16-23)28-25(27)20(2)19-26(3)4/h11-18H,2,5-10,19H2,1,3-4H3. The Kier molecular flexibility index (Phi) is 8.96. The molecule has 2 aromatic rings. The molecular weight excluding hydrogens is 346 g/mol. The van der Waals surface area contributed by atoms with E-state index < -0.39 is 0 Å². The highest BCUT2D eigenvalue weighted by Gasteiger charge is 2.11. The third kappa shape index (κ3) is 7.32. The van der Waals surface area contributed by atoms with Crippen LogP contribution >= 0.6 is 0 Å². The van der Waals surface area contributed by atoms with Crippen LogP contribution in [-0.2, 0) is 11.2 Å². The Bertz CT molecular complexity index is 745. The first-order chi connectivity index (χ1) is 13.5. The van der Waals surface area contributed by atoms with Crippen LogP contribution in [0.25, 0.3) is 11.1 Å². The number of likely N-dealkylation sites (N-methyl/N-ethyl adjacent to an activating group) is 1. The van der Waals surface area contributed by atoms with Gasteiger partial charge in [-0.3, -0.25) is 0 Å². The van der Waals surface area contributed by atoms with Gasteiger partial charge in [-0.2, -0.15) is 0 Å². The molecule has 28 heavy (non-hydrogen) atoms. The first-order valence-electron chi connectivity index (χ1n) is 10.2. The highest BCUT2D eigenvalue weighted by atomic mass is 16.5. The number of carbonyl (C=O) groups is 1. The number of nitrogens with zero attached hydrogens (tertiary/aromatic N) is 1. The van der Waals surface area contributed by atoms with Crippen molar-refractivity contribution in [1.29, 1.82) is 0 Å². The van der Waals surface area contributed by atoms with Crippen LogP contribution in [0.5, 0.6) is 5.75 Å². The molecule has 0 bridgehead atoms.